The van der Waals surface area contributed by atoms with E-state index in [9.17, 15) is 4.39 Å². The van der Waals surface area contributed by atoms with Gasteiger partial charge in [0.15, 0.2) is 0 Å². The van der Waals surface area contributed by atoms with Crippen molar-refractivity contribution in [3.8, 4) is 0 Å². The van der Waals surface area contributed by atoms with Crippen molar-refractivity contribution in [3.63, 3.8) is 0 Å². The van der Waals surface area contributed by atoms with E-state index < -0.39 is 0 Å². The summed E-state index contributed by atoms with van der Waals surface area (Å²) in [5, 5.41) is 2.10. The van der Waals surface area contributed by atoms with Gasteiger partial charge in [0.25, 0.3) is 0 Å². The molecular formula is C22H22ClFN2. The molecule has 1 aromatic heterocycles. The maximum Gasteiger partial charge on any atom is 0.123 e. The second-order valence-electron chi connectivity index (χ2n) is 7.75. The van der Waals surface area contributed by atoms with E-state index >= 15 is 0 Å². The van der Waals surface area contributed by atoms with Gasteiger partial charge in [0.1, 0.15) is 5.82 Å². The zero-order valence-electron chi connectivity index (χ0n) is 14.9. The zero-order chi connectivity index (χ0) is 17.8. The molecule has 26 heavy (non-hydrogen) atoms. The van der Waals surface area contributed by atoms with Crippen LogP contribution in [0, 0.1) is 5.82 Å². The number of hydrogen-bond acceptors (Lipinski definition) is 1. The second-order valence-corrected chi connectivity index (χ2v) is 8.18. The van der Waals surface area contributed by atoms with Gasteiger partial charge in [-0.15, -0.1) is 0 Å². The molecule has 2 nitrogen and oxygen atoms in total. The molecule has 4 heteroatoms. The number of halogens is 2. The molecule has 0 spiro atoms. The summed E-state index contributed by atoms with van der Waals surface area (Å²) in [6.07, 6.45) is 3.42. The molecular weight excluding hydrogens is 347 g/mol. The van der Waals surface area contributed by atoms with Crippen molar-refractivity contribution in [2.45, 2.75) is 37.8 Å². The molecule has 134 valence electrons. The molecule has 1 aliphatic heterocycles. The van der Waals surface area contributed by atoms with Gasteiger partial charge in [-0.25, -0.2) is 4.39 Å². The highest BCUT2D eigenvalue weighted by atomic mass is 35.5. The highest BCUT2D eigenvalue weighted by Gasteiger charge is 2.37. The van der Waals surface area contributed by atoms with Crippen LogP contribution in [0.15, 0.2) is 42.5 Å². The minimum atomic E-state index is -0.161. The van der Waals surface area contributed by atoms with Crippen molar-refractivity contribution < 1.29 is 4.39 Å². The second kappa shape index (κ2) is 6.11. The van der Waals surface area contributed by atoms with Crippen LogP contribution in [0.3, 0.4) is 0 Å². The number of aromatic nitrogens is 1. The number of nitrogens with zero attached hydrogens (tertiary/aromatic N) is 2. The lowest BCUT2D eigenvalue weighted by atomic mass is 9.74. The molecule has 0 amide bonds. The van der Waals surface area contributed by atoms with Crippen molar-refractivity contribution in [3.05, 3.63) is 70.1 Å². The maximum atomic E-state index is 13.3. The van der Waals surface area contributed by atoms with Crippen LogP contribution in [0.1, 0.15) is 41.6 Å². The third-order valence-corrected chi connectivity index (χ3v) is 6.44. The van der Waals surface area contributed by atoms with Gasteiger partial charge in [0, 0.05) is 53.1 Å². The summed E-state index contributed by atoms with van der Waals surface area (Å²) in [5.74, 6) is 0.303. The fourth-order valence-corrected chi connectivity index (χ4v) is 4.94. The predicted molar refractivity (Wildman–Crippen MR) is 104 cm³/mol. The van der Waals surface area contributed by atoms with Gasteiger partial charge in [-0.1, -0.05) is 23.7 Å². The number of likely N-dealkylation sites (N-methyl/N-ethyl adjacent to an activating group) is 1. The van der Waals surface area contributed by atoms with Crippen LogP contribution in [0.2, 0.25) is 5.02 Å². The highest BCUT2D eigenvalue weighted by molar-refractivity contribution is 6.31. The molecule has 2 aliphatic rings. The number of fused-ring (bicyclic) bond motifs is 3. The fourth-order valence-electron chi connectivity index (χ4n) is 4.77. The number of benzene rings is 2. The fraction of sp³-hybridized carbons (Fsp3) is 0.364. The van der Waals surface area contributed by atoms with Gasteiger partial charge in [-0.2, -0.15) is 0 Å². The third-order valence-electron chi connectivity index (χ3n) is 6.21. The summed E-state index contributed by atoms with van der Waals surface area (Å²) in [4.78, 5) is 2.38. The molecule has 5 rings (SSSR count). The first-order valence-electron chi connectivity index (χ1n) is 9.37. The van der Waals surface area contributed by atoms with E-state index in [0.29, 0.717) is 12.0 Å². The molecule has 1 aliphatic carbocycles. The molecule has 0 saturated heterocycles. The largest absolute Gasteiger partial charge is 0.341 e. The summed E-state index contributed by atoms with van der Waals surface area (Å²) in [7, 11) is 2.18. The third kappa shape index (κ3) is 2.49. The predicted octanol–water partition coefficient (Wildman–Crippen LogP) is 5.54. The molecule has 2 aromatic carbocycles. The molecule has 1 fully saturated rings. The molecule has 0 unspecified atom stereocenters. The van der Waals surface area contributed by atoms with Gasteiger partial charge in [-0.05, 0) is 61.3 Å². The monoisotopic (exact) mass is 368 g/mol. The van der Waals surface area contributed by atoms with Gasteiger partial charge in [0.05, 0.1) is 0 Å². The van der Waals surface area contributed by atoms with Crippen LogP contribution in [0.5, 0.6) is 0 Å². The van der Waals surface area contributed by atoms with Gasteiger partial charge >= 0.3 is 0 Å². The number of hydrogen-bond donors (Lipinski definition) is 0. The smallest absolute Gasteiger partial charge is 0.123 e. The summed E-state index contributed by atoms with van der Waals surface area (Å²) in [5.41, 5.74) is 5.45. The first kappa shape index (κ1) is 16.3. The van der Waals surface area contributed by atoms with Gasteiger partial charge in [-0.3, -0.25) is 0 Å². The van der Waals surface area contributed by atoms with E-state index in [4.69, 9.17) is 11.6 Å². The molecule has 2 heterocycles. The highest BCUT2D eigenvalue weighted by Crippen LogP contribution is 2.49. The van der Waals surface area contributed by atoms with Crippen molar-refractivity contribution >= 4 is 22.5 Å². The SMILES string of the molecule is CN1CCc2c(c3cc(Cl)ccc3n2[C@H]2CC[C@@H]2c2ccc(F)cc2)C1. The molecule has 0 radical (unpaired) electrons. The lowest BCUT2D eigenvalue weighted by Gasteiger charge is -2.40. The summed E-state index contributed by atoms with van der Waals surface area (Å²) in [6, 6.07) is 13.8. The Hall–Kier alpha value is -1.84. The lowest BCUT2D eigenvalue weighted by Crippen LogP contribution is -2.32. The average molecular weight is 369 g/mol. The standard InChI is InChI=1S/C22H22ClFN2/c1-25-11-10-22-19(13-25)18-12-15(23)4-8-21(18)26(22)20-9-7-17(20)14-2-5-16(24)6-3-14/h2-6,8,12,17,20H,7,9-11,13H2,1H3/t17-,20+/m1/s1. The Bertz CT molecular complexity index is 976. The Morgan fingerprint density at radius 1 is 1.08 bits per heavy atom. The summed E-state index contributed by atoms with van der Waals surface area (Å²) >= 11 is 6.32. The van der Waals surface area contributed by atoms with E-state index in [1.54, 1.807) is 12.1 Å². The zero-order valence-corrected chi connectivity index (χ0v) is 15.6. The Kier molecular flexibility index (Phi) is 3.84. The average Bonchev–Trinajstić information content (AvgIpc) is 2.89. The minimum Gasteiger partial charge on any atom is -0.341 e. The van der Waals surface area contributed by atoms with Gasteiger partial charge < -0.3 is 9.47 Å². The number of rotatable bonds is 2. The van der Waals surface area contributed by atoms with Crippen LogP contribution in [-0.2, 0) is 13.0 Å². The lowest BCUT2D eigenvalue weighted by molar-refractivity contribution is 0.247. The maximum absolute atomic E-state index is 13.3. The van der Waals surface area contributed by atoms with E-state index in [2.05, 4.69) is 28.6 Å². The van der Waals surface area contributed by atoms with Gasteiger partial charge in [0.2, 0.25) is 0 Å². The minimum absolute atomic E-state index is 0.161. The Labute approximate surface area is 158 Å². The van der Waals surface area contributed by atoms with Crippen LogP contribution >= 0.6 is 11.6 Å². The first-order chi connectivity index (χ1) is 12.6. The van der Waals surface area contributed by atoms with Crippen LogP contribution < -0.4 is 0 Å². The van der Waals surface area contributed by atoms with E-state index in [1.165, 1.54) is 34.1 Å². The normalized spacial score (nSPS) is 23.0. The molecule has 3 aromatic rings. The molecule has 1 saturated carbocycles. The van der Waals surface area contributed by atoms with Crippen molar-refractivity contribution in [2.75, 3.05) is 13.6 Å². The van der Waals surface area contributed by atoms with E-state index in [-0.39, 0.29) is 5.82 Å². The van der Waals surface area contributed by atoms with Crippen LogP contribution in [-0.4, -0.2) is 23.1 Å². The Balaban J connectivity index is 1.64. The van der Waals surface area contributed by atoms with Crippen molar-refractivity contribution in [2.24, 2.45) is 0 Å². The topological polar surface area (TPSA) is 8.17 Å². The quantitative estimate of drug-likeness (QED) is 0.576. The summed E-state index contributed by atoms with van der Waals surface area (Å²) < 4.78 is 15.9. The first-order valence-corrected chi connectivity index (χ1v) is 9.75. The Morgan fingerprint density at radius 3 is 2.62 bits per heavy atom. The van der Waals surface area contributed by atoms with Crippen LogP contribution in [0.25, 0.3) is 10.9 Å². The van der Waals surface area contributed by atoms with Crippen molar-refractivity contribution in [1.82, 2.24) is 9.47 Å². The van der Waals surface area contributed by atoms with E-state index in [1.807, 2.05) is 18.2 Å². The molecule has 2 atom stereocenters. The van der Waals surface area contributed by atoms with E-state index in [0.717, 1.165) is 31.0 Å². The molecule has 0 bridgehead atoms. The summed E-state index contributed by atoms with van der Waals surface area (Å²) in [6.45, 7) is 2.07. The Morgan fingerprint density at radius 2 is 1.88 bits per heavy atom. The van der Waals surface area contributed by atoms with Crippen molar-refractivity contribution in [1.29, 1.82) is 0 Å². The molecule has 0 N–H and O–H groups in total. The van der Waals surface area contributed by atoms with Crippen LogP contribution in [0.4, 0.5) is 4.39 Å².